The van der Waals surface area contributed by atoms with Gasteiger partial charge < -0.3 is 4.90 Å². The number of halogens is 2. The molecule has 0 amide bonds. The molecule has 2 nitrogen and oxygen atoms in total. The zero-order valence-corrected chi connectivity index (χ0v) is 12.1. The normalized spacial score (nSPS) is 10.4. The molecule has 2 rings (SSSR count). The minimum absolute atomic E-state index is 0.145. The molecule has 0 aromatic heterocycles. The van der Waals surface area contributed by atoms with Crippen LogP contribution in [-0.4, -0.2) is 12.8 Å². The number of carbonyl (C=O) groups is 1. The summed E-state index contributed by atoms with van der Waals surface area (Å²) in [5.41, 5.74) is 1.83. The maximum absolute atomic E-state index is 14.0. The first-order valence-corrected chi connectivity index (χ1v) is 6.61. The fourth-order valence-electron chi connectivity index (χ4n) is 2.03. The number of Topliss-reactive ketones (excluding diaryl/α,β-unsaturated/α-hetero) is 1. The summed E-state index contributed by atoms with van der Waals surface area (Å²) >= 11 is 5.93. The summed E-state index contributed by atoms with van der Waals surface area (Å²) in [6.45, 7) is 1.96. The minimum atomic E-state index is -0.401. The molecule has 2 aromatic rings. The molecule has 0 unspecified atom stereocenters. The average Bonchev–Trinajstić information content (AvgIpc) is 2.38. The van der Waals surface area contributed by atoms with E-state index >= 15 is 0 Å². The molecular weight excluding hydrogens is 277 g/mol. The first-order chi connectivity index (χ1) is 9.47. The molecule has 0 saturated heterocycles. The van der Waals surface area contributed by atoms with Crippen LogP contribution in [0.15, 0.2) is 42.5 Å². The lowest BCUT2D eigenvalue weighted by Crippen LogP contribution is -2.18. The molecular formula is C16H15ClFNO. The predicted octanol–water partition coefficient (Wildman–Crippen LogP) is 4.32. The molecule has 4 heteroatoms. The summed E-state index contributed by atoms with van der Waals surface area (Å²) in [5, 5.41) is 0.656. The summed E-state index contributed by atoms with van der Waals surface area (Å²) in [4.78, 5) is 13.0. The van der Waals surface area contributed by atoms with Gasteiger partial charge in [-0.15, -0.1) is 0 Å². The van der Waals surface area contributed by atoms with Crippen molar-refractivity contribution < 1.29 is 9.18 Å². The van der Waals surface area contributed by atoms with Crippen LogP contribution in [0.4, 0.5) is 10.1 Å². The van der Waals surface area contributed by atoms with Crippen LogP contribution < -0.4 is 4.90 Å². The maximum atomic E-state index is 14.0. The zero-order valence-electron chi connectivity index (χ0n) is 11.4. The van der Waals surface area contributed by atoms with E-state index in [-0.39, 0.29) is 5.78 Å². The smallest absolute Gasteiger partial charge is 0.159 e. The molecule has 0 radical (unpaired) electrons. The molecule has 0 atom stereocenters. The second kappa shape index (κ2) is 6.06. The number of nitrogens with zero attached hydrogens (tertiary/aromatic N) is 1. The number of benzene rings is 2. The van der Waals surface area contributed by atoms with E-state index in [4.69, 9.17) is 11.6 Å². The number of carbonyl (C=O) groups excluding carboxylic acids is 1. The number of anilines is 1. The van der Waals surface area contributed by atoms with Gasteiger partial charge in [-0.1, -0.05) is 23.7 Å². The third kappa shape index (κ3) is 3.36. The minimum Gasteiger partial charge on any atom is -0.368 e. The van der Waals surface area contributed by atoms with Crippen LogP contribution in [0.25, 0.3) is 0 Å². The summed E-state index contributed by atoms with van der Waals surface area (Å²) in [6.07, 6.45) is 0. The van der Waals surface area contributed by atoms with Crippen molar-refractivity contribution in [2.75, 3.05) is 11.9 Å². The molecule has 0 heterocycles. The number of hydrogen-bond acceptors (Lipinski definition) is 2. The van der Waals surface area contributed by atoms with E-state index in [0.29, 0.717) is 22.8 Å². The third-order valence-electron chi connectivity index (χ3n) is 3.07. The molecule has 0 aliphatic heterocycles. The van der Waals surface area contributed by atoms with E-state index in [0.717, 1.165) is 5.56 Å². The number of hydrogen-bond donors (Lipinski definition) is 0. The molecule has 0 aliphatic carbocycles. The fraction of sp³-hybridized carbons (Fsp3) is 0.188. The predicted molar refractivity (Wildman–Crippen MR) is 80.0 cm³/mol. The molecule has 20 heavy (non-hydrogen) atoms. The van der Waals surface area contributed by atoms with Crippen LogP contribution in [-0.2, 0) is 6.54 Å². The van der Waals surface area contributed by atoms with Gasteiger partial charge in [0.2, 0.25) is 0 Å². The van der Waals surface area contributed by atoms with Crippen molar-refractivity contribution in [3.8, 4) is 0 Å². The van der Waals surface area contributed by atoms with Gasteiger partial charge >= 0.3 is 0 Å². The van der Waals surface area contributed by atoms with Gasteiger partial charge in [0.1, 0.15) is 5.82 Å². The van der Waals surface area contributed by atoms with E-state index < -0.39 is 5.82 Å². The zero-order chi connectivity index (χ0) is 14.7. The Morgan fingerprint density at radius 1 is 1.25 bits per heavy atom. The number of ketones is 1. The van der Waals surface area contributed by atoms with Gasteiger partial charge in [-0.25, -0.2) is 4.39 Å². The Bertz CT molecular complexity index is 642. The van der Waals surface area contributed by atoms with Crippen LogP contribution in [0.1, 0.15) is 22.8 Å². The standard InChI is InChI=1S/C16H15ClFNO/c1-11(20)13-6-7-16(15(18)9-13)19(2)10-12-4-3-5-14(17)8-12/h3-9H,10H2,1-2H3. The maximum Gasteiger partial charge on any atom is 0.159 e. The van der Waals surface area contributed by atoms with E-state index in [2.05, 4.69) is 0 Å². The Labute approximate surface area is 122 Å². The quantitative estimate of drug-likeness (QED) is 0.782. The van der Waals surface area contributed by atoms with Crippen molar-refractivity contribution in [2.45, 2.75) is 13.5 Å². The Morgan fingerprint density at radius 3 is 2.60 bits per heavy atom. The second-order valence-electron chi connectivity index (χ2n) is 4.71. The lowest BCUT2D eigenvalue weighted by molar-refractivity contribution is 0.101. The van der Waals surface area contributed by atoms with E-state index in [9.17, 15) is 9.18 Å². The highest BCUT2D eigenvalue weighted by Crippen LogP contribution is 2.22. The molecule has 0 saturated carbocycles. The molecule has 0 spiro atoms. The van der Waals surface area contributed by atoms with Crippen molar-refractivity contribution in [3.05, 3.63) is 64.4 Å². The molecule has 0 fully saturated rings. The van der Waals surface area contributed by atoms with E-state index in [1.165, 1.54) is 13.0 Å². The van der Waals surface area contributed by atoms with Gasteiger partial charge in [0.25, 0.3) is 0 Å². The summed E-state index contributed by atoms with van der Waals surface area (Å²) in [5.74, 6) is -0.546. The highest BCUT2D eigenvalue weighted by Gasteiger charge is 2.10. The van der Waals surface area contributed by atoms with Crippen LogP contribution in [0.2, 0.25) is 5.02 Å². The second-order valence-corrected chi connectivity index (χ2v) is 5.14. The van der Waals surface area contributed by atoms with Crippen molar-refractivity contribution in [1.29, 1.82) is 0 Å². The van der Waals surface area contributed by atoms with Gasteiger partial charge in [-0.05, 0) is 42.8 Å². The van der Waals surface area contributed by atoms with Crippen LogP contribution in [0.3, 0.4) is 0 Å². The third-order valence-corrected chi connectivity index (χ3v) is 3.31. The first-order valence-electron chi connectivity index (χ1n) is 6.23. The Morgan fingerprint density at radius 2 is 2.00 bits per heavy atom. The summed E-state index contributed by atoms with van der Waals surface area (Å²) in [7, 11) is 1.80. The van der Waals surface area contributed by atoms with Gasteiger partial charge in [-0.3, -0.25) is 4.79 Å². The van der Waals surface area contributed by atoms with Crippen molar-refractivity contribution in [1.82, 2.24) is 0 Å². The van der Waals surface area contributed by atoms with Crippen LogP contribution >= 0.6 is 11.6 Å². The first kappa shape index (κ1) is 14.5. The molecule has 0 aliphatic rings. The topological polar surface area (TPSA) is 20.3 Å². The monoisotopic (exact) mass is 291 g/mol. The Balaban J connectivity index is 2.21. The van der Waals surface area contributed by atoms with Gasteiger partial charge in [0.05, 0.1) is 5.69 Å². The highest BCUT2D eigenvalue weighted by atomic mass is 35.5. The van der Waals surface area contributed by atoms with Crippen molar-refractivity contribution >= 4 is 23.1 Å². The summed E-state index contributed by atoms with van der Waals surface area (Å²) in [6, 6.07) is 12.0. The molecule has 104 valence electrons. The van der Waals surface area contributed by atoms with Crippen molar-refractivity contribution in [2.24, 2.45) is 0 Å². The van der Waals surface area contributed by atoms with Gasteiger partial charge in [0, 0.05) is 24.2 Å². The van der Waals surface area contributed by atoms with E-state index in [1.54, 1.807) is 30.1 Å². The molecule has 2 aromatic carbocycles. The summed E-state index contributed by atoms with van der Waals surface area (Å²) < 4.78 is 14.0. The average molecular weight is 292 g/mol. The van der Waals surface area contributed by atoms with E-state index in [1.807, 2.05) is 18.2 Å². The van der Waals surface area contributed by atoms with Gasteiger partial charge in [-0.2, -0.15) is 0 Å². The lowest BCUT2D eigenvalue weighted by atomic mass is 10.1. The SMILES string of the molecule is CC(=O)c1ccc(N(C)Cc2cccc(Cl)c2)c(F)c1. The fourth-order valence-corrected chi connectivity index (χ4v) is 2.24. The molecule has 0 N–H and O–H groups in total. The Kier molecular flexibility index (Phi) is 4.40. The Hall–Kier alpha value is -1.87. The van der Waals surface area contributed by atoms with Crippen LogP contribution in [0.5, 0.6) is 0 Å². The highest BCUT2D eigenvalue weighted by molar-refractivity contribution is 6.30. The molecule has 0 bridgehead atoms. The number of rotatable bonds is 4. The lowest BCUT2D eigenvalue weighted by Gasteiger charge is -2.20. The van der Waals surface area contributed by atoms with Crippen LogP contribution in [0, 0.1) is 5.82 Å². The van der Waals surface area contributed by atoms with Crippen molar-refractivity contribution in [3.63, 3.8) is 0 Å². The van der Waals surface area contributed by atoms with Gasteiger partial charge in [0.15, 0.2) is 5.78 Å². The largest absolute Gasteiger partial charge is 0.368 e.